The van der Waals surface area contributed by atoms with Crippen LogP contribution in [0.5, 0.6) is 0 Å². The van der Waals surface area contributed by atoms with Crippen molar-refractivity contribution in [2.45, 2.75) is 41.5 Å². The lowest BCUT2D eigenvalue weighted by atomic mass is 9.92. The monoisotopic (exact) mass is 234 g/mol. The fourth-order valence-electron chi connectivity index (χ4n) is 1.13. The van der Waals surface area contributed by atoms with Gasteiger partial charge in [-0.1, -0.05) is 41.5 Å². The third-order valence-corrected chi connectivity index (χ3v) is 3.85. The number of rotatable bonds is 3. The van der Waals surface area contributed by atoms with Crippen LogP contribution in [0.2, 0.25) is 0 Å². The predicted octanol–water partition coefficient (Wildman–Crippen LogP) is 2.06. The molecule has 0 fully saturated rings. The van der Waals surface area contributed by atoms with E-state index in [4.69, 9.17) is 0 Å². The average molecular weight is 234 g/mol. The van der Waals surface area contributed by atoms with E-state index in [0.717, 1.165) is 0 Å². The van der Waals surface area contributed by atoms with Crippen LogP contribution in [-0.4, -0.2) is 25.7 Å². The average Bonchev–Trinajstić information content (AvgIpc) is 1.76. The summed E-state index contributed by atoms with van der Waals surface area (Å²) >= 11 is 0. The van der Waals surface area contributed by atoms with Gasteiger partial charge in [-0.25, -0.2) is 8.42 Å². The molecule has 0 aromatic carbocycles. The van der Waals surface area contributed by atoms with Crippen LogP contribution >= 0.6 is 0 Å². The van der Waals surface area contributed by atoms with Crippen molar-refractivity contribution in [3.8, 4) is 0 Å². The standard InChI is InChI=1S/C11H22O3S/c1-10(2,3)8-15(13,14)7-9(12)11(4,5)6/h7-8H2,1-6H3. The molecule has 4 heteroatoms. The maximum absolute atomic E-state index is 11.7. The number of carbonyl (C=O) groups excluding carboxylic acids is 1. The number of sulfone groups is 1. The molecule has 15 heavy (non-hydrogen) atoms. The Morgan fingerprint density at radius 3 is 1.67 bits per heavy atom. The molecule has 0 amide bonds. The van der Waals surface area contributed by atoms with Crippen molar-refractivity contribution >= 4 is 15.6 Å². The van der Waals surface area contributed by atoms with Crippen LogP contribution in [0.4, 0.5) is 0 Å². The van der Waals surface area contributed by atoms with E-state index in [1.165, 1.54) is 0 Å². The Labute approximate surface area is 93.2 Å². The molecule has 0 N–H and O–H groups in total. The second-order valence-electron chi connectivity index (χ2n) is 6.27. The van der Waals surface area contributed by atoms with Gasteiger partial charge < -0.3 is 0 Å². The van der Waals surface area contributed by atoms with E-state index in [1.807, 2.05) is 20.8 Å². The summed E-state index contributed by atoms with van der Waals surface area (Å²) in [6.07, 6.45) is 0. The lowest BCUT2D eigenvalue weighted by molar-refractivity contribution is -0.123. The van der Waals surface area contributed by atoms with Crippen molar-refractivity contribution in [2.75, 3.05) is 11.5 Å². The molecule has 0 saturated heterocycles. The minimum atomic E-state index is -3.27. The minimum Gasteiger partial charge on any atom is -0.298 e. The molecule has 0 aromatic rings. The van der Waals surface area contributed by atoms with E-state index >= 15 is 0 Å². The van der Waals surface area contributed by atoms with Crippen LogP contribution in [0, 0.1) is 10.8 Å². The van der Waals surface area contributed by atoms with Crippen LogP contribution in [0.1, 0.15) is 41.5 Å². The highest BCUT2D eigenvalue weighted by Crippen LogP contribution is 2.20. The van der Waals surface area contributed by atoms with E-state index in [1.54, 1.807) is 20.8 Å². The van der Waals surface area contributed by atoms with Gasteiger partial charge in [0.2, 0.25) is 0 Å². The first-order valence-corrected chi connectivity index (χ1v) is 6.89. The van der Waals surface area contributed by atoms with Crippen molar-refractivity contribution in [2.24, 2.45) is 10.8 Å². The smallest absolute Gasteiger partial charge is 0.157 e. The first-order chi connectivity index (χ1) is 6.33. The first-order valence-electron chi connectivity index (χ1n) is 5.07. The minimum absolute atomic E-state index is 0.0574. The summed E-state index contributed by atoms with van der Waals surface area (Å²) in [7, 11) is -3.27. The van der Waals surface area contributed by atoms with Crippen molar-refractivity contribution in [1.82, 2.24) is 0 Å². The zero-order valence-electron chi connectivity index (χ0n) is 10.5. The molecule has 90 valence electrons. The van der Waals surface area contributed by atoms with E-state index in [0.29, 0.717) is 0 Å². The van der Waals surface area contributed by atoms with E-state index in [-0.39, 0.29) is 22.7 Å². The maximum atomic E-state index is 11.7. The van der Waals surface area contributed by atoms with E-state index in [9.17, 15) is 13.2 Å². The largest absolute Gasteiger partial charge is 0.298 e. The van der Waals surface area contributed by atoms with Crippen LogP contribution in [0.15, 0.2) is 0 Å². The molecule has 0 atom stereocenters. The fourth-order valence-corrected chi connectivity index (χ4v) is 3.38. The Morgan fingerprint density at radius 1 is 1.00 bits per heavy atom. The van der Waals surface area contributed by atoms with Crippen molar-refractivity contribution < 1.29 is 13.2 Å². The van der Waals surface area contributed by atoms with Gasteiger partial charge in [-0.15, -0.1) is 0 Å². The molecular weight excluding hydrogens is 212 g/mol. The van der Waals surface area contributed by atoms with Gasteiger partial charge in [-0.2, -0.15) is 0 Å². The molecule has 0 aromatic heterocycles. The second kappa shape index (κ2) is 4.24. The Kier molecular flexibility index (Phi) is 4.13. The highest BCUT2D eigenvalue weighted by atomic mass is 32.2. The molecule has 0 aliphatic rings. The lowest BCUT2D eigenvalue weighted by Gasteiger charge is -2.20. The molecule has 0 spiro atoms. The van der Waals surface area contributed by atoms with Gasteiger partial charge in [0.25, 0.3) is 0 Å². The van der Waals surface area contributed by atoms with Gasteiger partial charge in [0.05, 0.1) is 5.75 Å². The quantitative estimate of drug-likeness (QED) is 0.751. The summed E-state index contributed by atoms with van der Waals surface area (Å²) in [6.45, 7) is 10.8. The predicted molar refractivity (Wildman–Crippen MR) is 62.6 cm³/mol. The summed E-state index contributed by atoms with van der Waals surface area (Å²) in [5.74, 6) is -0.498. The number of carbonyl (C=O) groups is 1. The molecule has 0 heterocycles. The SMILES string of the molecule is CC(C)(C)CS(=O)(=O)CC(=O)C(C)(C)C. The summed E-state index contributed by atoms with van der Waals surface area (Å²) in [5, 5.41) is 0. The molecule has 3 nitrogen and oxygen atoms in total. The zero-order chi connectivity index (χ0) is 12.5. The van der Waals surface area contributed by atoms with E-state index < -0.39 is 15.3 Å². The van der Waals surface area contributed by atoms with Crippen molar-refractivity contribution in [3.05, 3.63) is 0 Å². The Hall–Kier alpha value is -0.380. The molecule has 0 saturated carbocycles. The third-order valence-electron chi connectivity index (χ3n) is 1.84. The van der Waals surface area contributed by atoms with Crippen LogP contribution in [-0.2, 0) is 14.6 Å². The van der Waals surface area contributed by atoms with Crippen LogP contribution in [0.25, 0.3) is 0 Å². The molecular formula is C11H22O3S. The van der Waals surface area contributed by atoms with Crippen molar-refractivity contribution in [1.29, 1.82) is 0 Å². The zero-order valence-corrected chi connectivity index (χ0v) is 11.4. The Morgan fingerprint density at radius 2 is 1.40 bits per heavy atom. The third kappa shape index (κ3) is 6.66. The van der Waals surface area contributed by atoms with Gasteiger partial charge in [0, 0.05) is 5.41 Å². The highest BCUT2D eigenvalue weighted by molar-refractivity contribution is 7.92. The van der Waals surface area contributed by atoms with Gasteiger partial charge in [0.1, 0.15) is 5.75 Å². The summed E-state index contributed by atoms with van der Waals surface area (Å²) in [4.78, 5) is 11.6. The number of hydrogen-bond donors (Lipinski definition) is 0. The van der Waals surface area contributed by atoms with Gasteiger partial charge in [0.15, 0.2) is 15.6 Å². The number of ketones is 1. The Balaban J connectivity index is 4.62. The molecule has 0 bridgehead atoms. The maximum Gasteiger partial charge on any atom is 0.157 e. The Bertz CT molecular complexity index is 326. The van der Waals surface area contributed by atoms with Crippen LogP contribution < -0.4 is 0 Å². The van der Waals surface area contributed by atoms with E-state index in [2.05, 4.69) is 0 Å². The van der Waals surface area contributed by atoms with Crippen LogP contribution in [0.3, 0.4) is 0 Å². The molecule has 0 unspecified atom stereocenters. The second-order valence-corrected chi connectivity index (χ2v) is 8.33. The summed E-state index contributed by atoms with van der Waals surface area (Å²) in [6, 6.07) is 0. The van der Waals surface area contributed by atoms with Gasteiger partial charge in [-0.05, 0) is 5.41 Å². The number of Topliss-reactive ketones (excluding diaryl/α,β-unsaturated/α-hetero) is 1. The molecule has 0 rings (SSSR count). The highest BCUT2D eigenvalue weighted by Gasteiger charge is 2.29. The normalized spacial score (nSPS) is 14.0. The van der Waals surface area contributed by atoms with Gasteiger partial charge in [-0.3, -0.25) is 4.79 Å². The van der Waals surface area contributed by atoms with Crippen molar-refractivity contribution in [3.63, 3.8) is 0 Å². The summed E-state index contributed by atoms with van der Waals surface area (Å²) < 4.78 is 23.4. The summed E-state index contributed by atoms with van der Waals surface area (Å²) in [5.41, 5.74) is -0.873. The molecule has 0 aliphatic heterocycles. The fraction of sp³-hybridized carbons (Fsp3) is 0.909. The lowest BCUT2D eigenvalue weighted by Crippen LogP contribution is -2.32. The topological polar surface area (TPSA) is 51.2 Å². The number of hydrogen-bond acceptors (Lipinski definition) is 3. The molecule has 0 aliphatic carbocycles. The molecule has 0 radical (unpaired) electrons. The first kappa shape index (κ1) is 14.6. The van der Waals surface area contributed by atoms with Gasteiger partial charge >= 0.3 is 0 Å².